The zero-order valence-electron chi connectivity index (χ0n) is 5.58. The van der Waals surface area contributed by atoms with Gasteiger partial charge in [-0.3, -0.25) is 0 Å². The molecule has 0 bridgehead atoms. The molecule has 0 spiro atoms. The van der Waals surface area contributed by atoms with E-state index >= 15 is 0 Å². The van der Waals surface area contributed by atoms with Crippen LogP contribution in [0.4, 0.5) is 17.6 Å². The van der Waals surface area contributed by atoms with Gasteiger partial charge in [0.15, 0.2) is 0 Å². The first kappa shape index (κ1) is 9.94. The second-order valence-corrected chi connectivity index (χ2v) is 1.67. The molecule has 0 aromatic carbocycles. The van der Waals surface area contributed by atoms with E-state index in [0.29, 0.717) is 12.2 Å². The number of allylic oxidation sites excluding steroid dienone is 4. The Kier molecular flexibility index (Phi) is 3.04. The van der Waals surface area contributed by atoms with E-state index in [4.69, 9.17) is 0 Å². The lowest BCUT2D eigenvalue weighted by Gasteiger charge is -2.06. The summed E-state index contributed by atoms with van der Waals surface area (Å²) in [5.41, 5.74) is -1.40. The molecule has 0 amide bonds. The van der Waals surface area contributed by atoms with Crippen molar-refractivity contribution in [1.29, 1.82) is 0 Å². The van der Waals surface area contributed by atoms with Crippen LogP contribution in [-0.4, -0.2) is 6.18 Å². The van der Waals surface area contributed by atoms with Crippen molar-refractivity contribution < 1.29 is 17.6 Å². The average molecular weight is 166 g/mol. The maximum Gasteiger partial charge on any atom is 0.419 e. The maximum atomic E-state index is 12.3. The Hall–Kier alpha value is -1.06. The fourth-order valence-electron chi connectivity index (χ4n) is 0.459. The largest absolute Gasteiger partial charge is 0.419 e. The molecule has 0 saturated carbocycles. The smallest absolute Gasteiger partial charge is 0.206 e. The van der Waals surface area contributed by atoms with Crippen molar-refractivity contribution in [1.82, 2.24) is 0 Å². The Labute approximate surface area is 61.5 Å². The predicted octanol–water partition coefficient (Wildman–Crippen LogP) is 3.14. The maximum absolute atomic E-state index is 12.3. The molecule has 0 aliphatic heterocycles. The molecule has 0 N–H and O–H groups in total. The Morgan fingerprint density at radius 3 is 1.64 bits per heavy atom. The lowest BCUT2D eigenvalue weighted by molar-refractivity contribution is -0.0896. The van der Waals surface area contributed by atoms with Gasteiger partial charge in [0, 0.05) is 0 Å². The molecular weight excluding hydrogens is 160 g/mol. The first-order chi connectivity index (χ1) is 4.93. The standard InChI is InChI=1S/C7H6F4/c1-3-5(6(8)4-2)7(9,10)11/h3-4H,1-2H2. The number of hydrogen-bond donors (Lipinski definition) is 0. The van der Waals surface area contributed by atoms with Gasteiger partial charge in [-0.25, -0.2) is 4.39 Å². The van der Waals surface area contributed by atoms with Crippen molar-refractivity contribution in [2.75, 3.05) is 0 Å². The first-order valence-corrected chi connectivity index (χ1v) is 2.65. The molecule has 0 atom stereocenters. The number of halogens is 4. The summed E-state index contributed by atoms with van der Waals surface area (Å²) in [6.45, 7) is 5.69. The van der Waals surface area contributed by atoms with Crippen LogP contribution in [0.2, 0.25) is 0 Å². The van der Waals surface area contributed by atoms with Crippen LogP contribution in [0.25, 0.3) is 0 Å². The minimum atomic E-state index is -4.69. The monoisotopic (exact) mass is 166 g/mol. The average Bonchev–Trinajstić information content (AvgIpc) is 1.86. The van der Waals surface area contributed by atoms with Crippen LogP contribution in [0, 0.1) is 0 Å². The van der Waals surface area contributed by atoms with Crippen LogP contribution in [0.1, 0.15) is 0 Å². The lowest BCUT2D eigenvalue weighted by Crippen LogP contribution is -2.10. The molecule has 0 aliphatic rings. The van der Waals surface area contributed by atoms with Crippen LogP contribution < -0.4 is 0 Å². The summed E-state index contributed by atoms with van der Waals surface area (Å²) in [6.07, 6.45) is -3.79. The third-order valence-electron chi connectivity index (χ3n) is 0.946. The van der Waals surface area contributed by atoms with Gasteiger partial charge >= 0.3 is 6.18 Å². The Morgan fingerprint density at radius 1 is 1.09 bits per heavy atom. The summed E-state index contributed by atoms with van der Waals surface area (Å²) in [5, 5.41) is 0. The fraction of sp³-hybridized carbons (Fsp3) is 0.143. The molecular formula is C7H6F4. The van der Waals surface area contributed by atoms with Gasteiger partial charge in [-0.05, 0) is 6.08 Å². The van der Waals surface area contributed by atoms with E-state index in [0.717, 1.165) is 0 Å². The zero-order chi connectivity index (χ0) is 9.07. The SMILES string of the molecule is C=CC(F)=C(C=C)C(F)(F)F. The third kappa shape index (κ3) is 2.57. The minimum absolute atomic E-state index is 0.414. The summed E-state index contributed by atoms with van der Waals surface area (Å²) < 4.78 is 47.5. The minimum Gasteiger partial charge on any atom is -0.206 e. The highest BCUT2D eigenvalue weighted by atomic mass is 19.4. The molecule has 0 nitrogen and oxygen atoms in total. The summed E-state index contributed by atoms with van der Waals surface area (Å²) >= 11 is 0. The first-order valence-electron chi connectivity index (χ1n) is 2.65. The Bertz CT molecular complexity index is 197. The summed E-state index contributed by atoms with van der Waals surface area (Å²) in [4.78, 5) is 0. The van der Waals surface area contributed by atoms with Crippen LogP contribution >= 0.6 is 0 Å². The molecule has 11 heavy (non-hydrogen) atoms. The Balaban J connectivity index is 4.95. The predicted molar refractivity (Wildman–Crippen MR) is 34.6 cm³/mol. The van der Waals surface area contributed by atoms with E-state index in [1.54, 1.807) is 0 Å². The molecule has 0 rings (SSSR count). The molecule has 62 valence electrons. The van der Waals surface area contributed by atoms with Crippen molar-refractivity contribution in [3.63, 3.8) is 0 Å². The summed E-state index contributed by atoms with van der Waals surface area (Å²) in [6, 6.07) is 0. The molecule has 0 unspecified atom stereocenters. The van der Waals surface area contributed by atoms with Gasteiger partial charge in [0.1, 0.15) is 5.83 Å². The quantitative estimate of drug-likeness (QED) is 0.436. The Morgan fingerprint density at radius 2 is 1.55 bits per heavy atom. The second kappa shape index (κ2) is 3.37. The van der Waals surface area contributed by atoms with Gasteiger partial charge in [-0.2, -0.15) is 13.2 Å². The van der Waals surface area contributed by atoms with Crippen LogP contribution in [0.5, 0.6) is 0 Å². The van der Waals surface area contributed by atoms with E-state index in [1.807, 2.05) is 0 Å². The highest BCUT2D eigenvalue weighted by Crippen LogP contribution is 2.29. The van der Waals surface area contributed by atoms with E-state index in [2.05, 4.69) is 13.2 Å². The highest BCUT2D eigenvalue weighted by molar-refractivity contribution is 5.30. The van der Waals surface area contributed by atoms with Crippen molar-refractivity contribution in [2.45, 2.75) is 6.18 Å². The van der Waals surface area contributed by atoms with Gasteiger partial charge in [0.05, 0.1) is 5.57 Å². The molecule has 0 aromatic rings. The molecule has 0 heterocycles. The number of rotatable bonds is 2. The summed E-state index contributed by atoms with van der Waals surface area (Å²) in [5.74, 6) is -1.41. The molecule has 0 aliphatic carbocycles. The molecule has 0 aromatic heterocycles. The third-order valence-corrected chi connectivity index (χ3v) is 0.946. The van der Waals surface area contributed by atoms with Gasteiger partial charge in [0.25, 0.3) is 0 Å². The van der Waals surface area contributed by atoms with Crippen molar-refractivity contribution in [3.05, 3.63) is 36.7 Å². The second-order valence-electron chi connectivity index (χ2n) is 1.67. The van der Waals surface area contributed by atoms with E-state index < -0.39 is 17.6 Å². The highest BCUT2D eigenvalue weighted by Gasteiger charge is 2.33. The van der Waals surface area contributed by atoms with Crippen molar-refractivity contribution in [2.24, 2.45) is 0 Å². The molecule has 0 saturated heterocycles. The molecule has 0 radical (unpaired) electrons. The van der Waals surface area contributed by atoms with Gasteiger partial charge < -0.3 is 0 Å². The van der Waals surface area contributed by atoms with E-state index in [9.17, 15) is 17.6 Å². The van der Waals surface area contributed by atoms with Crippen LogP contribution in [0.15, 0.2) is 36.7 Å². The van der Waals surface area contributed by atoms with Gasteiger partial charge in [-0.15, -0.1) is 0 Å². The lowest BCUT2D eigenvalue weighted by atomic mass is 10.2. The van der Waals surface area contributed by atoms with E-state index in [-0.39, 0.29) is 0 Å². The number of hydrogen-bond acceptors (Lipinski definition) is 0. The zero-order valence-corrected chi connectivity index (χ0v) is 5.58. The van der Waals surface area contributed by atoms with Gasteiger partial charge in [-0.1, -0.05) is 19.2 Å². The van der Waals surface area contributed by atoms with Gasteiger partial charge in [0.2, 0.25) is 0 Å². The van der Waals surface area contributed by atoms with Crippen LogP contribution in [0.3, 0.4) is 0 Å². The topological polar surface area (TPSA) is 0 Å². The fourth-order valence-corrected chi connectivity index (χ4v) is 0.459. The summed E-state index contributed by atoms with van der Waals surface area (Å²) in [7, 11) is 0. The normalized spacial score (nSPS) is 13.8. The van der Waals surface area contributed by atoms with Crippen LogP contribution in [-0.2, 0) is 0 Å². The molecule has 0 fully saturated rings. The van der Waals surface area contributed by atoms with E-state index in [1.165, 1.54) is 0 Å². The van der Waals surface area contributed by atoms with Crippen molar-refractivity contribution >= 4 is 0 Å². The number of alkyl halides is 3. The molecule has 4 heteroatoms. The van der Waals surface area contributed by atoms with Crippen molar-refractivity contribution in [3.8, 4) is 0 Å².